The molecule has 0 aliphatic rings. The van der Waals surface area contributed by atoms with Crippen molar-refractivity contribution >= 4 is 5.97 Å². The van der Waals surface area contributed by atoms with Crippen molar-refractivity contribution in [3.8, 4) is 11.1 Å². The molecule has 0 radical (unpaired) electrons. The lowest BCUT2D eigenvalue weighted by Gasteiger charge is -2.01. The van der Waals surface area contributed by atoms with Gasteiger partial charge in [0.15, 0.2) is 0 Å². The smallest absolute Gasteiger partial charge is 0.328 e. The number of aromatic nitrogens is 2. The molecule has 0 fully saturated rings. The number of carbonyl (C=O) groups excluding carboxylic acids is 1. The van der Waals surface area contributed by atoms with Crippen molar-refractivity contribution in [1.82, 2.24) is 15.4 Å². The average Bonchev–Trinajstić information content (AvgIpc) is 2.87. The van der Waals surface area contributed by atoms with Gasteiger partial charge in [0.25, 0.3) is 0 Å². The van der Waals surface area contributed by atoms with Crippen LogP contribution in [0.5, 0.6) is 0 Å². The van der Waals surface area contributed by atoms with E-state index in [0.717, 1.165) is 11.1 Å². The summed E-state index contributed by atoms with van der Waals surface area (Å²) in [4.78, 5) is 15.5. The standard InChI is InChI=1S/C12H14N4O2/c13-15-18-12(17)6-7-16-9-11(8-14-16)10-4-2-1-3-5-10/h1-5,8-9,15H,6-7,13H2. The number of nitrogens with one attached hydrogen (secondary N) is 1. The van der Waals surface area contributed by atoms with Gasteiger partial charge >= 0.3 is 5.97 Å². The van der Waals surface area contributed by atoms with Gasteiger partial charge in [-0.2, -0.15) is 5.10 Å². The van der Waals surface area contributed by atoms with Crippen LogP contribution in [0.3, 0.4) is 0 Å². The summed E-state index contributed by atoms with van der Waals surface area (Å²) >= 11 is 0. The predicted octanol–water partition coefficient (Wildman–Crippen LogP) is 0.862. The van der Waals surface area contributed by atoms with Crippen LogP contribution in [0.2, 0.25) is 0 Å². The summed E-state index contributed by atoms with van der Waals surface area (Å²) < 4.78 is 1.69. The van der Waals surface area contributed by atoms with Gasteiger partial charge in [0.1, 0.15) is 0 Å². The fraction of sp³-hybridized carbons (Fsp3) is 0.167. The summed E-state index contributed by atoms with van der Waals surface area (Å²) in [6, 6.07) is 9.92. The average molecular weight is 246 g/mol. The molecule has 1 aromatic heterocycles. The highest BCUT2D eigenvalue weighted by atomic mass is 16.7. The summed E-state index contributed by atoms with van der Waals surface area (Å²) in [6.07, 6.45) is 3.86. The van der Waals surface area contributed by atoms with E-state index in [1.807, 2.05) is 42.1 Å². The quantitative estimate of drug-likeness (QED) is 0.604. The van der Waals surface area contributed by atoms with Gasteiger partial charge in [-0.3, -0.25) is 9.48 Å². The number of nitrogens with zero attached hydrogens (tertiary/aromatic N) is 2. The Balaban J connectivity index is 1.97. The summed E-state index contributed by atoms with van der Waals surface area (Å²) in [6.45, 7) is 0.452. The van der Waals surface area contributed by atoms with Crippen molar-refractivity contribution in [3.05, 3.63) is 42.7 Å². The summed E-state index contributed by atoms with van der Waals surface area (Å²) in [5.41, 5.74) is 3.96. The van der Waals surface area contributed by atoms with E-state index in [1.165, 1.54) is 0 Å². The lowest BCUT2D eigenvalue weighted by molar-refractivity contribution is -0.151. The maximum atomic E-state index is 11.1. The molecule has 0 aliphatic carbocycles. The number of carbonyl (C=O) groups is 1. The third-order valence-electron chi connectivity index (χ3n) is 2.46. The Morgan fingerprint density at radius 2 is 2.11 bits per heavy atom. The van der Waals surface area contributed by atoms with E-state index >= 15 is 0 Å². The fourth-order valence-corrected chi connectivity index (χ4v) is 1.59. The SMILES string of the molecule is NNOC(=O)CCn1cc(-c2ccccc2)cn1. The first-order valence-corrected chi connectivity index (χ1v) is 5.53. The molecule has 0 saturated carbocycles. The van der Waals surface area contributed by atoms with E-state index in [0.29, 0.717) is 6.54 Å². The Labute approximate surface area is 104 Å². The predicted molar refractivity (Wildman–Crippen MR) is 65.7 cm³/mol. The van der Waals surface area contributed by atoms with Crippen LogP contribution in [-0.2, 0) is 16.2 Å². The molecule has 0 spiro atoms. The zero-order chi connectivity index (χ0) is 12.8. The molecule has 2 aromatic rings. The number of hydrogen-bond acceptors (Lipinski definition) is 5. The Morgan fingerprint density at radius 3 is 2.83 bits per heavy atom. The summed E-state index contributed by atoms with van der Waals surface area (Å²) in [5.74, 6) is 4.44. The second kappa shape index (κ2) is 5.95. The maximum Gasteiger partial charge on any atom is 0.328 e. The lowest BCUT2D eigenvalue weighted by Crippen LogP contribution is -2.26. The molecule has 0 saturated heterocycles. The van der Waals surface area contributed by atoms with Crippen molar-refractivity contribution in [2.75, 3.05) is 0 Å². The van der Waals surface area contributed by atoms with Crippen molar-refractivity contribution < 1.29 is 9.63 Å². The van der Waals surface area contributed by atoms with Crippen molar-refractivity contribution in [3.63, 3.8) is 0 Å². The van der Waals surface area contributed by atoms with Gasteiger partial charge in [-0.15, -0.1) is 0 Å². The molecule has 18 heavy (non-hydrogen) atoms. The van der Waals surface area contributed by atoms with Crippen LogP contribution in [0.25, 0.3) is 11.1 Å². The highest BCUT2D eigenvalue weighted by molar-refractivity contribution is 5.68. The zero-order valence-corrected chi connectivity index (χ0v) is 9.74. The number of aryl methyl sites for hydroxylation is 1. The topological polar surface area (TPSA) is 82.2 Å². The van der Waals surface area contributed by atoms with Crippen molar-refractivity contribution in [2.24, 2.45) is 5.84 Å². The highest BCUT2D eigenvalue weighted by Gasteiger charge is 2.05. The Morgan fingerprint density at radius 1 is 1.33 bits per heavy atom. The van der Waals surface area contributed by atoms with E-state index in [1.54, 1.807) is 10.9 Å². The van der Waals surface area contributed by atoms with Crippen LogP contribution in [-0.4, -0.2) is 15.7 Å². The van der Waals surface area contributed by atoms with Gasteiger partial charge in [0.2, 0.25) is 0 Å². The molecule has 0 amide bonds. The van der Waals surface area contributed by atoms with Gasteiger partial charge < -0.3 is 4.84 Å². The van der Waals surface area contributed by atoms with Gasteiger partial charge in [0.05, 0.1) is 19.2 Å². The van der Waals surface area contributed by atoms with Crippen LogP contribution >= 0.6 is 0 Å². The molecular weight excluding hydrogens is 232 g/mol. The van der Waals surface area contributed by atoms with Crippen LogP contribution in [0, 0.1) is 0 Å². The molecule has 2 rings (SSSR count). The van der Waals surface area contributed by atoms with E-state index in [-0.39, 0.29) is 6.42 Å². The first kappa shape index (κ1) is 12.3. The normalized spacial score (nSPS) is 10.3. The maximum absolute atomic E-state index is 11.1. The number of hydrazine groups is 1. The Kier molecular flexibility index (Phi) is 4.06. The van der Waals surface area contributed by atoms with E-state index in [2.05, 4.69) is 9.94 Å². The zero-order valence-electron chi connectivity index (χ0n) is 9.74. The van der Waals surface area contributed by atoms with Crippen LogP contribution in [0.1, 0.15) is 6.42 Å². The molecule has 0 atom stereocenters. The lowest BCUT2D eigenvalue weighted by atomic mass is 10.1. The number of benzene rings is 1. The van der Waals surface area contributed by atoms with Crippen LogP contribution in [0.15, 0.2) is 42.7 Å². The molecule has 6 heteroatoms. The largest absolute Gasteiger partial charge is 0.356 e. The van der Waals surface area contributed by atoms with Gasteiger partial charge in [-0.1, -0.05) is 35.9 Å². The minimum Gasteiger partial charge on any atom is -0.356 e. The molecule has 3 N–H and O–H groups in total. The Hall–Kier alpha value is -2.18. The van der Waals surface area contributed by atoms with Gasteiger partial charge in [-0.05, 0) is 5.56 Å². The molecule has 1 heterocycles. The Bertz CT molecular complexity index is 510. The second-order valence-corrected chi connectivity index (χ2v) is 3.70. The monoisotopic (exact) mass is 246 g/mol. The number of hydrogen-bond donors (Lipinski definition) is 2. The highest BCUT2D eigenvalue weighted by Crippen LogP contribution is 2.17. The van der Waals surface area contributed by atoms with E-state index < -0.39 is 5.97 Å². The minimum absolute atomic E-state index is 0.208. The summed E-state index contributed by atoms with van der Waals surface area (Å²) in [5, 5.41) is 4.18. The molecule has 0 unspecified atom stereocenters. The van der Waals surface area contributed by atoms with Crippen LogP contribution in [0.4, 0.5) is 0 Å². The van der Waals surface area contributed by atoms with E-state index in [4.69, 9.17) is 5.84 Å². The first-order chi connectivity index (χ1) is 8.79. The first-order valence-electron chi connectivity index (χ1n) is 5.53. The number of rotatable bonds is 5. The van der Waals surface area contributed by atoms with Crippen molar-refractivity contribution in [1.29, 1.82) is 0 Å². The third kappa shape index (κ3) is 3.16. The van der Waals surface area contributed by atoms with Gasteiger partial charge in [0, 0.05) is 11.8 Å². The molecule has 1 aromatic carbocycles. The van der Waals surface area contributed by atoms with E-state index in [9.17, 15) is 4.79 Å². The molecular formula is C12H14N4O2. The van der Waals surface area contributed by atoms with Crippen LogP contribution < -0.4 is 11.4 Å². The molecule has 6 nitrogen and oxygen atoms in total. The third-order valence-corrected chi connectivity index (χ3v) is 2.46. The minimum atomic E-state index is -0.422. The van der Waals surface area contributed by atoms with Crippen molar-refractivity contribution in [2.45, 2.75) is 13.0 Å². The molecule has 0 bridgehead atoms. The molecule has 0 aliphatic heterocycles. The fourth-order valence-electron chi connectivity index (χ4n) is 1.59. The summed E-state index contributed by atoms with van der Waals surface area (Å²) in [7, 11) is 0. The second-order valence-electron chi connectivity index (χ2n) is 3.70. The molecule has 94 valence electrons. The number of nitrogens with two attached hydrogens (primary N) is 1. The van der Waals surface area contributed by atoms with Gasteiger partial charge in [-0.25, -0.2) is 5.84 Å².